The number of hydrogen-bond acceptors (Lipinski definition) is 3. The van der Waals surface area contributed by atoms with E-state index in [-0.39, 0.29) is 12.5 Å². The van der Waals surface area contributed by atoms with Crippen LogP contribution in [0.5, 0.6) is 0 Å². The van der Waals surface area contributed by atoms with E-state index in [1.54, 1.807) is 17.1 Å². The van der Waals surface area contributed by atoms with Crippen LogP contribution >= 0.6 is 0 Å². The van der Waals surface area contributed by atoms with Crippen molar-refractivity contribution in [1.82, 2.24) is 4.90 Å². The Kier molecular flexibility index (Phi) is 6.96. The van der Waals surface area contributed by atoms with Gasteiger partial charge in [0, 0.05) is 17.9 Å². The van der Waals surface area contributed by atoms with Crippen molar-refractivity contribution in [3.63, 3.8) is 0 Å². The summed E-state index contributed by atoms with van der Waals surface area (Å²) in [5.41, 5.74) is 6.41. The van der Waals surface area contributed by atoms with Crippen molar-refractivity contribution in [3.05, 3.63) is 36.7 Å². The van der Waals surface area contributed by atoms with E-state index in [2.05, 4.69) is 13.2 Å². The maximum Gasteiger partial charge on any atom is 0.253 e. The van der Waals surface area contributed by atoms with Crippen molar-refractivity contribution in [2.45, 2.75) is 13.8 Å². The van der Waals surface area contributed by atoms with Gasteiger partial charge in [0.25, 0.3) is 5.91 Å². The average molecular weight is 224 g/mol. The molecule has 0 aliphatic carbocycles. The summed E-state index contributed by atoms with van der Waals surface area (Å²) in [5, 5.41) is 0. The highest BCUT2D eigenvalue weighted by atomic mass is 16.5. The van der Waals surface area contributed by atoms with Crippen LogP contribution in [0.2, 0.25) is 0 Å². The van der Waals surface area contributed by atoms with Crippen LogP contribution in [0.25, 0.3) is 0 Å². The predicted molar refractivity (Wildman–Crippen MR) is 65.5 cm³/mol. The molecule has 90 valence electrons. The Bertz CT molecular complexity index is 295. The fraction of sp³-hybridized carbons (Fsp3) is 0.417. The summed E-state index contributed by atoms with van der Waals surface area (Å²) in [5.74, 6) is -0.0754. The number of hydrogen-bond donors (Lipinski definition) is 1. The van der Waals surface area contributed by atoms with E-state index in [4.69, 9.17) is 10.5 Å². The van der Waals surface area contributed by atoms with Crippen molar-refractivity contribution < 1.29 is 9.53 Å². The summed E-state index contributed by atoms with van der Waals surface area (Å²) in [7, 11) is 0. The zero-order valence-corrected chi connectivity index (χ0v) is 10.0. The SMILES string of the molecule is C=C(N)/C=C\C(=C)N1CCOCC1=O.CC. The molecule has 0 aromatic carbocycles. The Morgan fingerprint density at radius 1 is 1.44 bits per heavy atom. The number of nitrogens with zero attached hydrogens (tertiary/aromatic N) is 1. The van der Waals surface area contributed by atoms with E-state index in [1.807, 2.05) is 13.8 Å². The first kappa shape index (κ1) is 14.5. The molecular weight excluding hydrogens is 204 g/mol. The highest BCUT2D eigenvalue weighted by Crippen LogP contribution is 2.08. The van der Waals surface area contributed by atoms with Crippen molar-refractivity contribution in [2.24, 2.45) is 5.73 Å². The molecular formula is C12H20N2O2. The quantitative estimate of drug-likeness (QED) is 0.737. The Hall–Kier alpha value is -1.55. The lowest BCUT2D eigenvalue weighted by molar-refractivity contribution is -0.139. The van der Waals surface area contributed by atoms with E-state index >= 15 is 0 Å². The maximum absolute atomic E-state index is 11.3. The number of carbonyl (C=O) groups excluding carboxylic acids is 1. The van der Waals surface area contributed by atoms with E-state index in [9.17, 15) is 4.79 Å². The van der Waals surface area contributed by atoms with Gasteiger partial charge in [-0.1, -0.05) is 27.0 Å². The largest absolute Gasteiger partial charge is 0.399 e. The molecule has 0 atom stereocenters. The summed E-state index contributed by atoms with van der Waals surface area (Å²) >= 11 is 0. The molecule has 16 heavy (non-hydrogen) atoms. The van der Waals surface area contributed by atoms with E-state index in [0.29, 0.717) is 24.5 Å². The molecule has 1 amide bonds. The highest BCUT2D eigenvalue weighted by molar-refractivity contribution is 5.80. The van der Waals surface area contributed by atoms with Gasteiger partial charge in [-0.15, -0.1) is 0 Å². The lowest BCUT2D eigenvalue weighted by Crippen LogP contribution is -2.40. The Balaban J connectivity index is 0.00000106. The lowest BCUT2D eigenvalue weighted by atomic mass is 10.3. The van der Waals surface area contributed by atoms with Crippen LogP contribution in [0.4, 0.5) is 0 Å². The molecule has 1 aliphatic heterocycles. The van der Waals surface area contributed by atoms with Crippen molar-refractivity contribution in [3.8, 4) is 0 Å². The van der Waals surface area contributed by atoms with Crippen molar-refractivity contribution >= 4 is 5.91 Å². The first-order chi connectivity index (χ1) is 7.61. The fourth-order valence-electron chi connectivity index (χ4n) is 1.11. The number of nitrogens with two attached hydrogens (primary N) is 1. The summed E-state index contributed by atoms with van der Waals surface area (Å²) in [6, 6.07) is 0. The van der Waals surface area contributed by atoms with Crippen molar-refractivity contribution in [2.75, 3.05) is 19.8 Å². The first-order valence-corrected chi connectivity index (χ1v) is 5.30. The molecule has 0 aromatic heterocycles. The fourth-order valence-corrected chi connectivity index (χ4v) is 1.11. The Labute approximate surface area is 97.1 Å². The van der Waals surface area contributed by atoms with Crippen molar-refractivity contribution in [1.29, 1.82) is 0 Å². The zero-order valence-electron chi connectivity index (χ0n) is 10.0. The molecule has 4 heteroatoms. The molecule has 1 aliphatic rings. The van der Waals surface area contributed by atoms with Gasteiger partial charge >= 0.3 is 0 Å². The van der Waals surface area contributed by atoms with Crippen LogP contribution in [0.3, 0.4) is 0 Å². The minimum absolute atomic E-state index is 0.0754. The van der Waals surface area contributed by atoms with Gasteiger partial charge in [-0.3, -0.25) is 4.79 Å². The molecule has 1 fully saturated rings. The molecule has 0 spiro atoms. The topological polar surface area (TPSA) is 55.6 Å². The number of allylic oxidation sites excluding steroid dienone is 2. The van der Waals surface area contributed by atoms with Gasteiger partial charge in [0.1, 0.15) is 6.61 Å². The maximum atomic E-state index is 11.3. The van der Waals surface area contributed by atoms with E-state index in [0.717, 1.165) is 0 Å². The molecule has 1 saturated heterocycles. The van der Waals surface area contributed by atoms with Gasteiger partial charge in [0.2, 0.25) is 0 Å². The number of ether oxygens (including phenoxy) is 1. The second-order valence-corrected chi connectivity index (χ2v) is 3.00. The third-order valence-electron chi connectivity index (χ3n) is 1.82. The van der Waals surface area contributed by atoms with Crippen LogP contribution in [-0.4, -0.2) is 30.6 Å². The second-order valence-electron chi connectivity index (χ2n) is 3.00. The number of amides is 1. The van der Waals surface area contributed by atoms with Gasteiger partial charge < -0.3 is 15.4 Å². The van der Waals surface area contributed by atoms with Gasteiger partial charge in [-0.2, -0.15) is 0 Å². The summed E-state index contributed by atoms with van der Waals surface area (Å²) in [6.45, 7) is 12.5. The van der Waals surface area contributed by atoms with Gasteiger partial charge in [-0.25, -0.2) is 0 Å². The standard InChI is InChI=1S/C10H14N2O2.C2H6/c1-8(11)3-4-9(2)12-5-6-14-7-10(12)13;1-2/h3-4H,1-2,5-7,11H2;1-2H3/b4-3-;. The normalized spacial score (nSPS) is 15.6. The van der Waals surface area contributed by atoms with E-state index < -0.39 is 0 Å². The summed E-state index contributed by atoms with van der Waals surface area (Å²) in [4.78, 5) is 12.9. The van der Waals surface area contributed by atoms with Crippen LogP contribution in [-0.2, 0) is 9.53 Å². The number of morpholine rings is 1. The van der Waals surface area contributed by atoms with Crippen LogP contribution in [0, 0.1) is 0 Å². The van der Waals surface area contributed by atoms with Gasteiger partial charge in [0.15, 0.2) is 0 Å². The minimum Gasteiger partial charge on any atom is -0.399 e. The van der Waals surface area contributed by atoms with Gasteiger partial charge in [-0.05, 0) is 12.2 Å². The zero-order chi connectivity index (χ0) is 12.6. The average Bonchev–Trinajstić information content (AvgIpc) is 2.29. The molecule has 2 N–H and O–H groups in total. The molecule has 0 aromatic rings. The Morgan fingerprint density at radius 2 is 2.06 bits per heavy atom. The third-order valence-corrected chi connectivity index (χ3v) is 1.82. The molecule has 0 bridgehead atoms. The summed E-state index contributed by atoms with van der Waals surface area (Å²) in [6.07, 6.45) is 3.29. The molecule has 1 rings (SSSR count). The van der Waals surface area contributed by atoms with Gasteiger partial charge in [0.05, 0.1) is 6.61 Å². The molecule has 4 nitrogen and oxygen atoms in total. The highest BCUT2D eigenvalue weighted by Gasteiger charge is 2.19. The molecule has 0 saturated carbocycles. The molecule has 1 heterocycles. The van der Waals surface area contributed by atoms with Crippen LogP contribution < -0.4 is 5.73 Å². The minimum atomic E-state index is -0.0754. The Morgan fingerprint density at radius 3 is 2.56 bits per heavy atom. The molecule has 0 radical (unpaired) electrons. The first-order valence-electron chi connectivity index (χ1n) is 5.30. The smallest absolute Gasteiger partial charge is 0.253 e. The number of rotatable bonds is 3. The lowest BCUT2D eigenvalue weighted by Gasteiger charge is -2.26. The van der Waals surface area contributed by atoms with Crippen LogP contribution in [0.1, 0.15) is 13.8 Å². The summed E-state index contributed by atoms with van der Waals surface area (Å²) < 4.78 is 4.99. The monoisotopic (exact) mass is 224 g/mol. The third kappa shape index (κ3) is 4.79. The molecule has 0 unspecified atom stereocenters. The second kappa shape index (κ2) is 7.70. The number of carbonyl (C=O) groups is 1. The van der Waals surface area contributed by atoms with E-state index in [1.165, 1.54) is 0 Å². The predicted octanol–water partition coefficient (Wildman–Crippen LogP) is 1.41. The van der Waals surface area contributed by atoms with Crippen LogP contribution in [0.15, 0.2) is 36.7 Å².